The number of fused-ring (bicyclic) bond motifs is 2. The summed E-state index contributed by atoms with van der Waals surface area (Å²) in [6.07, 6.45) is 5.15. The summed E-state index contributed by atoms with van der Waals surface area (Å²) in [5.41, 5.74) is 6.05. The number of hydrogen-bond donors (Lipinski definition) is 11. The third-order valence-electron chi connectivity index (χ3n) is 12.4. The van der Waals surface area contributed by atoms with E-state index in [1.54, 1.807) is 75.5 Å². The minimum atomic E-state index is -1.78. The first kappa shape index (κ1) is 56.9. The van der Waals surface area contributed by atoms with E-state index >= 15 is 0 Å². The van der Waals surface area contributed by atoms with E-state index in [2.05, 4.69) is 0 Å². The normalized spacial score (nSPS) is 45.0. The Labute approximate surface area is 387 Å². The van der Waals surface area contributed by atoms with E-state index < -0.39 is 141 Å². The molecule has 2 bridgehead atoms. The number of aliphatic hydroxyl groups excluding tert-OH is 9. The zero-order valence-corrected chi connectivity index (χ0v) is 38.5. The monoisotopic (exact) mass is 938 g/mol. The van der Waals surface area contributed by atoms with Crippen LogP contribution in [0.25, 0.3) is 0 Å². The van der Waals surface area contributed by atoms with Gasteiger partial charge in [0.2, 0.25) is 0 Å². The SMILES string of the molecule is COC12CC(O)CC(O)C(O)CCC(O)CC(O)CC(=O)OC(C)C(C)C(O)C(C)/C=C/C=C/C=C/C=C/C=C/C=C/C=C/C(OC3OC(C)C(O)C(N)C3O)CC(O1)C(C(=O)O)C(O)C2. The van der Waals surface area contributed by atoms with Crippen molar-refractivity contribution in [2.24, 2.45) is 23.5 Å². The Hall–Kier alpha value is -3.44. The summed E-state index contributed by atoms with van der Waals surface area (Å²) >= 11 is 0. The van der Waals surface area contributed by atoms with Crippen LogP contribution in [0.3, 0.4) is 0 Å². The van der Waals surface area contributed by atoms with Crippen LogP contribution in [-0.2, 0) is 33.3 Å². The van der Waals surface area contributed by atoms with Gasteiger partial charge in [-0.25, -0.2) is 0 Å². The summed E-state index contributed by atoms with van der Waals surface area (Å²) in [6.45, 7) is 6.79. The van der Waals surface area contributed by atoms with Crippen LogP contribution in [-0.4, -0.2) is 168 Å². The van der Waals surface area contributed by atoms with Gasteiger partial charge in [0.05, 0.1) is 79.6 Å². The number of carbonyl (C=O) groups is 2. The van der Waals surface area contributed by atoms with Crippen molar-refractivity contribution in [3.8, 4) is 0 Å². The predicted molar refractivity (Wildman–Crippen MR) is 242 cm³/mol. The summed E-state index contributed by atoms with van der Waals surface area (Å²) < 4.78 is 29.3. The average Bonchev–Trinajstić information content (AvgIpc) is 3.24. The van der Waals surface area contributed by atoms with Gasteiger partial charge in [-0.3, -0.25) is 9.59 Å². The molecule has 0 aliphatic carbocycles. The van der Waals surface area contributed by atoms with Crippen molar-refractivity contribution < 1.29 is 84.3 Å². The zero-order chi connectivity index (χ0) is 49.1. The first-order valence-corrected chi connectivity index (χ1v) is 22.7. The molecule has 2 saturated heterocycles. The molecule has 3 aliphatic heterocycles. The molecule has 3 heterocycles. The molecule has 374 valence electrons. The number of aliphatic carboxylic acids is 1. The van der Waals surface area contributed by atoms with E-state index in [1.807, 2.05) is 37.3 Å². The number of cyclic esters (lactones) is 1. The molecule has 0 aromatic heterocycles. The van der Waals surface area contributed by atoms with Crippen LogP contribution in [0, 0.1) is 17.8 Å². The highest BCUT2D eigenvalue weighted by atomic mass is 16.7. The van der Waals surface area contributed by atoms with Gasteiger partial charge in [0.15, 0.2) is 12.1 Å². The minimum absolute atomic E-state index is 0.0813. The number of allylic oxidation sites excluding steroid dienone is 12. The first-order chi connectivity index (χ1) is 31.2. The van der Waals surface area contributed by atoms with Crippen LogP contribution in [0.1, 0.15) is 79.1 Å². The van der Waals surface area contributed by atoms with Crippen molar-refractivity contribution in [3.63, 3.8) is 0 Å². The van der Waals surface area contributed by atoms with Gasteiger partial charge in [-0.1, -0.05) is 98.9 Å². The van der Waals surface area contributed by atoms with Crippen molar-refractivity contribution in [1.29, 1.82) is 0 Å². The highest BCUT2D eigenvalue weighted by molar-refractivity contribution is 5.71. The summed E-state index contributed by atoms with van der Waals surface area (Å²) in [5, 5.41) is 108. The average molecular weight is 938 g/mol. The van der Waals surface area contributed by atoms with Gasteiger partial charge in [0, 0.05) is 44.6 Å². The van der Waals surface area contributed by atoms with Crippen molar-refractivity contribution in [3.05, 3.63) is 85.1 Å². The van der Waals surface area contributed by atoms with Crippen LogP contribution in [0.2, 0.25) is 0 Å². The molecule has 18 nitrogen and oxygen atoms in total. The molecule has 0 amide bonds. The molecule has 66 heavy (non-hydrogen) atoms. The number of carboxylic acid groups (broad SMARTS) is 1. The number of aliphatic hydroxyl groups is 9. The Morgan fingerprint density at radius 3 is 1.82 bits per heavy atom. The van der Waals surface area contributed by atoms with Gasteiger partial charge in [-0.2, -0.15) is 0 Å². The number of hydrogen-bond acceptors (Lipinski definition) is 17. The highest BCUT2D eigenvalue weighted by Gasteiger charge is 2.52. The fraction of sp³-hybridized carbons (Fsp3) is 0.667. The van der Waals surface area contributed by atoms with Crippen LogP contribution in [0.4, 0.5) is 0 Å². The molecule has 12 N–H and O–H groups in total. The van der Waals surface area contributed by atoms with Crippen LogP contribution < -0.4 is 5.73 Å². The van der Waals surface area contributed by atoms with E-state index in [-0.39, 0.29) is 38.0 Å². The number of rotatable bonds is 4. The molecule has 19 atom stereocenters. The quantitative estimate of drug-likeness (QED) is 0.177. The highest BCUT2D eigenvalue weighted by Crippen LogP contribution is 2.40. The number of ether oxygens (including phenoxy) is 5. The molecule has 18 heteroatoms. The third kappa shape index (κ3) is 18.2. The Morgan fingerprint density at radius 1 is 0.667 bits per heavy atom. The topological polar surface area (TPSA) is 309 Å². The molecule has 0 radical (unpaired) electrons. The van der Waals surface area contributed by atoms with E-state index in [0.29, 0.717) is 0 Å². The summed E-state index contributed by atoms with van der Waals surface area (Å²) in [4.78, 5) is 25.2. The van der Waals surface area contributed by atoms with Crippen LogP contribution >= 0.6 is 0 Å². The second-order valence-electron chi connectivity index (χ2n) is 17.7. The first-order valence-electron chi connectivity index (χ1n) is 22.7. The van der Waals surface area contributed by atoms with E-state index in [4.69, 9.17) is 29.4 Å². The standard InChI is InChI=1S/C48H75NO17/c1-28-18-16-14-12-10-8-6-7-9-11-13-15-17-19-35(65-47-45(59)42(49)44(58)31(4)64-47)25-39-41(46(60)61)38(55)27-48(62-5,66-39)26-34(52)23-37(54)36(53)21-20-32(50)22-33(51)24-40(56)63-30(3)29(2)43(28)57/h6-19,28-39,41-45,47,50-55,57-59H,20-27,49H2,1-5H3,(H,60,61)/b7-6+,10-8+,11-9+,14-12+,15-13+,18-16+,19-17+. The van der Waals surface area contributed by atoms with E-state index in [1.165, 1.54) is 7.11 Å². The molecule has 0 aromatic carbocycles. The number of methoxy groups -OCH3 is 1. The van der Waals surface area contributed by atoms with Crippen molar-refractivity contribution in [1.82, 2.24) is 0 Å². The van der Waals surface area contributed by atoms with Gasteiger partial charge >= 0.3 is 11.9 Å². The Balaban J connectivity index is 1.89. The third-order valence-corrected chi connectivity index (χ3v) is 12.4. The molecular weight excluding hydrogens is 863 g/mol. The maximum Gasteiger partial charge on any atom is 0.311 e. The predicted octanol–water partition coefficient (Wildman–Crippen LogP) is 1.37. The lowest BCUT2D eigenvalue weighted by Crippen LogP contribution is -2.61. The van der Waals surface area contributed by atoms with Gasteiger partial charge in [-0.05, 0) is 33.1 Å². The molecule has 0 saturated carbocycles. The fourth-order valence-electron chi connectivity index (χ4n) is 8.16. The molecule has 3 aliphatic rings. The molecule has 0 spiro atoms. The molecule has 3 rings (SSSR count). The van der Waals surface area contributed by atoms with Crippen molar-refractivity contribution in [2.45, 2.75) is 177 Å². The van der Waals surface area contributed by atoms with Crippen molar-refractivity contribution >= 4 is 11.9 Å². The van der Waals surface area contributed by atoms with Crippen LogP contribution in [0.5, 0.6) is 0 Å². The smallest absolute Gasteiger partial charge is 0.311 e. The number of esters is 1. The fourth-order valence-corrected chi connectivity index (χ4v) is 8.16. The second kappa shape index (κ2) is 28.1. The van der Waals surface area contributed by atoms with Gasteiger partial charge < -0.3 is 80.5 Å². The van der Waals surface area contributed by atoms with E-state index in [9.17, 15) is 60.7 Å². The summed E-state index contributed by atoms with van der Waals surface area (Å²) in [7, 11) is 1.25. The Morgan fingerprint density at radius 2 is 1.24 bits per heavy atom. The molecular formula is C48H75NO17. The summed E-state index contributed by atoms with van der Waals surface area (Å²) in [5.74, 6) is -6.12. The van der Waals surface area contributed by atoms with Gasteiger partial charge in [0.25, 0.3) is 0 Å². The Bertz CT molecular complexity index is 1680. The van der Waals surface area contributed by atoms with Crippen molar-refractivity contribution in [2.75, 3.05) is 7.11 Å². The van der Waals surface area contributed by atoms with Gasteiger partial charge in [-0.15, -0.1) is 0 Å². The van der Waals surface area contributed by atoms with Gasteiger partial charge in [0.1, 0.15) is 18.1 Å². The van der Waals surface area contributed by atoms with Crippen LogP contribution in [0.15, 0.2) is 85.1 Å². The molecule has 19 unspecified atom stereocenters. The maximum absolute atomic E-state index is 12.6. The lowest BCUT2D eigenvalue weighted by molar-refractivity contribution is -0.317. The second-order valence-corrected chi connectivity index (χ2v) is 17.7. The summed E-state index contributed by atoms with van der Waals surface area (Å²) in [6, 6.07) is -1.13. The molecule has 0 aromatic rings. The zero-order valence-electron chi connectivity index (χ0n) is 38.5. The number of carboxylic acids is 1. The lowest BCUT2D eigenvalue weighted by atomic mass is 9.82. The number of carbonyl (C=O) groups excluding carboxylic acids is 1. The minimum Gasteiger partial charge on any atom is -0.481 e. The van der Waals surface area contributed by atoms with E-state index in [0.717, 1.165) is 0 Å². The lowest BCUT2D eigenvalue weighted by Gasteiger charge is -2.47. The Kier molecular flexibility index (Phi) is 24.3. The number of nitrogens with two attached hydrogens (primary N) is 1. The molecule has 2 fully saturated rings. The maximum atomic E-state index is 12.6. The largest absolute Gasteiger partial charge is 0.481 e.